The van der Waals surface area contributed by atoms with E-state index in [1.54, 1.807) is 0 Å². The molecule has 0 aliphatic rings. The molecule has 0 aliphatic heterocycles. The minimum Gasteiger partial charge on any atom is -0.225 e. The van der Waals surface area contributed by atoms with Gasteiger partial charge in [-0.2, -0.15) is 13.9 Å². The zero-order valence-corrected chi connectivity index (χ0v) is 7.42. The van der Waals surface area contributed by atoms with Crippen LogP contribution in [-0.2, 0) is 10.0 Å². The number of hydrogen-bond acceptors (Lipinski definition) is 3. The average Bonchev–Trinajstić information content (AvgIpc) is 2.28. The Hall–Kier alpha value is -1.02. The van der Waals surface area contributed by atoms with Gasteiger partial charge in [-0.15, -0.1) is 0 Å². The Balaban J connectivity index is 3.30. The van der Waals surface area contributed by atoms with Gasteiger partial charge in [0, 0.05) is 0 Å². The predicted molar refractivity (Wildman–Crippen MR) is 39.6 cm³/mol. The predicted octanol–water partition coefficient (Wildman–Crippen LogP) is 0.234. The molecule has 0 bridgehead atoms. The maximum absolute atomic E-state index is 12.1. The molecule has 0 unspecified atom stereocenters. The number of alkyl halides is 2. The first-order chi connectivity index (χ1) is 5.84. The maximum Gasteiger partial charge on any atom is 0.333 e. The van der Waals surface area contributed by atoms with Crippen molar-refractivity contribution >= 4 is 10.0 Å². The molecule has 8 heteroatoms. The Morgan fingerprint density at radius 2 is 2.15 bits per heavy atom. The Kier molecular flexibility index (Phi) is 2.35. The lowest BCUT2D eigenvalue weighted by molar-refractivity contribution is 0.0541. The molecule has 0 amide bonds. The summed E-state index contributed by atoms with van der Waals surface area (Å²) in [5.74, 6) is 0. The van der Waals surface area contributed by atoms with E-state index in [0.717, 1.165) is 6.20 Å². The van der Waals surface area contributed by atoms with Crippen molar-refractivity contribution in [2.75, 3.05) is 0 Å². The third kappa shape index (κ3) is 1.83. The van der Waals surface area contributed by atoms with Crippen molar-refractivity contribution < 1.29 is 17.2 Å². The Labute approximate surface area is 73.2 Å². The Morgan fingerprint density at radius 1 is 1.62 bits per heavy atom. The Bertz CT molecular complexity index is 411. The molecular weight excluding hydrogens is 204 g/mol. The molecule has 5 nitrogen and oxygen atoms in total. The summed E-state index contributed by atoms with van der Waals surface area (Å²) in [6.45, 7) is -1.66. The lowest BCUT2D eigenvalue weighted by Gasteiger charge is -2.01. The van der Waals surface area contributed by atoms with Gasteiger partial charge in [0.25, 0.3) is 0 Å². The molecule has 0 radical (unpaired) electrons. The largest absolute Gasteiger partial charge is 0.333 e. The number of sulfonamides is 1. The van der Waals surface area contributed by atoms with Crippen LogP contribution in [0.15, 0.2) is 11.1 Å². The smallest absolute Gasteiger partial charge is 0.225 e. The van der Waals surface area contributed by atoms with E-state index in [4.69, 9.17) is 5.14 Å². The molecule has 0 atom stereocenters. The minimum absolute atomic E-state index is 0.169. The summed E-state index contributed by atoms with van der Waals surface area (Å²) in [5, 5.41) is 7.93. The highest BCUT2D eigenvalue weighted by molar-refractivity contribution is 7.89. The normalized spacial score (nSPS) is 12.4. The summed E-state index contributed by atoms with van der Waals surface area (Å²) in [7, 11) is -3.96. The van der Waals surface area contributed by atoms with Gasteiger partial charge in [-0.1, -0.05) is 0 Å². The molecule has 74 valence electrons. The number of aromatic nitrogens is 2. The lowest BCUT2D eigenvalue weighted by atomic mass is 10.5. The van der Waals surface area contributed by atoms with Gasteiger partial charge in [0.15, 0.2) is 0 Å². The zero-order chi connectivity index (χ0) is 10.2. The average molecular weight is 211 g/mol. The van der Waals surface area contributed by atoms with E-state index in [9.17, 15) is 17.2 Å². The van der Waals surface area contributed by atoms with Crippen molar-refractivity contribution in [3.05, 3.63) is 11.9 Å². The standard InChI is InChI=1S/C5H7F2N3O2S/c1-3-4(13(8,11)12)2-9-10(3)5(6)7/h2,5H,1H3,(H2,8,11,12). The molecule has 13 heavy (non-hydrogen) atoms. The van der Waals surface area contributed by atoms with Gasteiger partial charge in [-0.25, -0.2) is 18.2 Å². The molecule has 0 spiro atoms. The van der Waals surface area contributed by atoms with E-state index in [2.05, 4.69) is 5.10 Å². The molecule has 0 saturated heterocycles. The SMILES string of the molecule is Cc1c(S(N)(=O)=O)cnn1C(F)F. The van der Waals surface area contributed by atoms with Gasteiger partial charge in [0.2, 0.25) is 10.0 Å². The van der Waals surface area contributed by atoms with E-state index in [1.165, 1.54) is 6.92 Å². The van der Waals surface area contributed by atoms with Crippen LogP contribution in [0.4, 0.5) is 8.78 Å². The van der Waals surface area contributed by atoms with Crippen molar-refractivity contribution in [3.63, 3.8) is 0 Å². The van der Waals surface area contributed by atoms with Gasteiger partial charge in [0.05, 0.1) is 11.9 Å². The number of nitrogens with two attached hydrogens (primary N) is 1. The van der Waals surface area contributed by atoms with Crippen molar-refractivity contribution in [1.82, 2.24) is 9.78 Å². The maximum atomic E-state index is 12.1. The molecule has 2 N–H and O–H groups in total. The number of nitrogens with zero attached hydrogens (tertiary/aromatic N) is 2. The molecule has 1 aromatic rings. The molecule has 0 fully saturated rings. The van der Waals surface area contributed by atoms with E-state index >= 15 is 0 Å². The molecule has 0 aromatic carbocycles. The van der Waals surface area contributed by atoms with Crippen molar-refractivity contribution in [3.8, 4) is 0 Å². The Morgan fingerprint density at radius 3 is 2.38 bits per heavy atom. The molecule has 0 aliphatic carbocycles. The van der Waals surface area contributed by atoms with E-state index in [-0.39, 0.29) is 10.6 Å². The first-order valence-corrected chi connectivity index (χ1v) is 4.73. The van der Waals surface area contributed by atoms with Gasteiger partial charge in [-0.05, 0) is 6.92 Å². The number of halogens is 2. The molecular formula is C5H7F2N3O2S. The van der Waals surface area contributed by atoms with E-state index in [0.29, 0.717) is 4.68 Å². The van der Waals surface area contributed by atoms with Crippen LogP contribution >= 0.6 is 0 Å². The fourth-order valence-electron chi connectivity index (χ4n) is 0.884. The van der Waals surface area contributed by atoms with Crippen LogP contribution in [0, 0.1) is 6.92 Å². The second-order valence-electron chi connectivity index (χ2n) is 2.36. The summed E-state index contributed by atoms with van der Waals surface area (Å²) in [6, 6.07) is 0. The zero-order valence-electron chi connectivity index (χ0n) is 6.61. The van der Waals surface area contributed by atoms with Crippen LogP contribution in [0.3, 0.4) is 0 Å². The van der Waals surface area contributed by atoms with Crippen LogP contribution in [-0.4, -0.2) is 18.2 Å². The fraction of sp³-hybridized carbons (Fsp3) is 0.400. The van der Waals surface area contributed by atoms with Crippen molar-refractivity contribution in [1.29, 1.82) is 0 Å². The lowest BCUT2D eigenvalue weighted by Crippen LogP contribution is -2.13. The summed E-state index contributed by atoms with van der Waals surface area (Å²) in [5.41, 5.74) is -0.169. The van der Waals surface area contributed by atoms with Crippen molar-refractivity contribution in [2.45, 2.75) is 18.4 Å². The first kappa shape index (κ1) is 10.1. The highest BCUT2D eigenvalue weighted by Crippen LogP contribution is 2.17. The minimum atomic E-state index is -3.96. The van der Waals surface area contributed by atoms with Gasteiger partial charge >= 0.3 is 6.55 Å². The summed E-state index contributed by atoms with van der Waals surface area (Å²) in [4.78, 5) is -0.382. The van der Waals surface area contributed by atoms with Crippen molar-refractivity contribution in [2.24, 2.45) is 5.14 Å². The van der Waals surface area contributed by atoms with Gasteiger partial charge < -0.3 is 0 Å². The third-order valence-corrected chi connectivity index (χ3v) is 2.50. The molecule has 1 aromatic heterocycles. The molecule has 1 heterocycles. The summed E-state index contributed by atoms with van der Waals surface area (Å²) in [6.07, 6.45) is 0.802. The third-order valence-electron chi connectivity index (χ3n) is 1.49. The number of primary sulfonamides is 1. The quantitative estimate of drug-likeness (QED) is 0.760. The van der Waals surface area contributed by atoms with Crippen LogP contribution in [0.1, 0.15) is 12.2 Å². The second-order valence-corrected chi connectivity index (χ2v) is 3.89. The first-order valence-electron chi connectivity index (χ1n) is 3.19. The fourth-order valence-corrected chi connectivity index (χ4v) is 1.58. The highest BCUT2D eigenvalue weighted by atomic mass is 32.2. The topological polar surface area (TPSA) is 78.0 Å². The molecule has 1 rings (SSSR count). The van der Waals surface area contributed by atoms with E-state index in [1.807, 2.05) is 0 Å². The molecule has 0 saturated carbocycles. The highest BCUT2D eigenvalue weighted by Gasteiger charge is 2.19. The van der Waals surface area contributed by atoms with Crippen LogP contribution in [0.25, 0.3) is 0 Å². The van der Waals surface area contributed by atoms with Crippen LogP contribution < -0.4 is 5.14 Å². The summed E-state index contributed by atoms with van der Waals surface area (Å²) < 4.78 is 46.0. The number of hydrogen-bond donors (Lipinski definition) is 1. The second kappa shape index (κ2) is 3.04. The van der Waals surface area contributed by atoms with Crippen LogP contribution in [0.2, 0.25) is 0 Å². The summed E-state index contributed by atoms with van der Waals surface area (Å²) >= 11 is 0. The van der Waals surface area contributed by atoms with Crippen LogP contribution in [0.5, 0.6) is 0 Å². The monoisotopic (exact) mass is 211 g/mol. The van der Waals surface area contributed by atoms with E-state index < -0.39 is 16.6 Å². The van der Waals surface area contributed by atoms with Gasteiger partial charge in [-0.3, -0.25) is 0 Å². The number of rotatable bonds is 2. The van der Waals surface area contributed by atoms with Gasteiger partial charge in [0.1, 0.15) is 4.90 Å².